The van der Waals surface area contributed by atoms with E-state index in [9.17, 15) is 0 Å². The van der Waals surface area contributed by atoms with E-state index >= 15 is 0 Å². The molecule has 0 spiro atoms. The first-order chi connectivity index (χ1) is 10.8. The Balaban J connectivity index is 0.00000288. The van der Waals surface area contributed by atoms with Gasteiger partial charge in [0.05, 0.1) is 5.54 Å². The predicted octanol–water partition coefficient (Wildman–Crippen LogP) is 3.70. The van der Waals surface area contributed by atoms with E-state index in [0.717, 1.165) is 11.5 Å². The highest BCUT2D eigenvalue weighted by Crippen LogP contribution is 2.18. The maximum absolute atomic E-state index is 5.99. The van der Waals surface area contributed by atoms with Gasteiger partial charge in [-0.2, -0.15) is 5.10 Å². The molecule has 0 fully saturated rings. The average molecular weight is 442 g/mol. The van der Waals surface area contributed by atoms with Gasteiger partial charge in [-0.15, -0.1) is 24.0 Å². The summed E-state index contributed by atoms with van der Waals surface area (Å²) in [4.78, 5) is 8.63. The second-order valence-corrected chi connectivity index (χ2v) is 6.87. The van der Waals surface area contributed by atoms with Gasteiger partial charge in [0.25, 0.3) is 0 Å². The Morgan fingerprint density at radius 3 is 2.67 bits per heavy atom. The third kappa shape index (κ3) is 5.47. The largest absolute Gasteiger partial charge is 0.370 e. The molecule has 1 aromatic heterocycles. The van der Waals surface area contributed by atoms with Crippen molar-refractivity contribution in [2.24, 2.45) is 10.7 Å². The summed E-state index contributed by atoms with van der Waals surface area (Å²) in [6.07, 6.45) is 1.55. The summed E-state index contributed by atoms with van der Waals surface area (Å²) in [6, 6.07) is 8.19. The number of hydrogen-bond donors (Lipinski definition) is 2. The molecule has 0 saturated heterocycles. The smallest absolute Gasteiger partial charge is 0.193 e. The lowest BCUT2D eigenvalue weighted by atomic mass is 10.0. The third-order valence-electron chi connectivity index (χ3n) is 3.47. The van der Waals surface area contributed by atoms with Gasteiger partial charge < -0.3 is 11.1 Å². The molecule has 2 rings (SSSR count). The lowest BCUT2D eigenvalue weighted by molar-refractivity contribution is 0.342. The molecule has 24 heavy (non-hydrogen) atoms. The van der Waals surface area contributed by atoms with Crippen LogP contribution in [0.1, 0.15) is 51.9 Å². The summed E-state index contributed by atoms with van der Waals surface area (Å²) < 4.78 is 1.86. The van der Waals surface area contributed by atoms with Gasteiger partial charge in [-0.05, 0) is 44.4 Å². The maximum Gasteiger partial charge on any atom is 0.193 e. The molecule has 0 amide bonds. The maximum atomic E-state index is 5.99. The van der Waals surface area contributed by atoms with Crippen molar-refractivity contribution in [2.45, 2.75) is 52.6 Å². The van der Waals surface area contributed by atoms with Crippen LogP contribution >= 0.6 is 24.0 Å². The molecule has 7 heteroatoms. The normalized spacial score (nSPS) is 12.2. The van der Waals surface area contributed by atoms with Gasteiger partial charge in [0.15, 0.2) is 5.96 Å². The third-order valence-corrected chi connectivity index (χ3v) is 3.47. The fourth-order valence-corrected chi connectivity index (χ4v) is 2.25. The zero-order valence-corrected chi connectivity index (χ0v) is 17.3. The summed E-state index contributed by atoms with van der Waals surface area (Å²) >= 11 is 0. The van der Waals surface area contributed by atoms with Crippen LogP contribution in [0.2, 0.25) is 0 Å². The molecule has 0 unspecified atom stereocenters. The van der Waals surface area contributed by atoms with Crippen LogP contribution in [0.3, 0.4) is 0 Å². The molecule has 6 nitrogen and oxygen atoms in total. The first-order valence-corrected chi connectivity index (χ1v) is 7.83. The van der Waals surface area contributed by atoms with Crippen molar-refractivity contribution < 1.29 is 0 Å². The molecule has 0 aliphatic carbocycles. The Hall–Kier alpha value is -1.64. The summed E-state index contributed by atoms with van der Waals surface area (Å²) in [7, 11) is 0. The molecule has 3 N–H and O–H groups in total. The Bertz CT molecular complexity index is 684. The fourth-order valence-electron chi connectivity index (χ4n) is 2.25. The van der Waals surface area contributed by atoms with E-state index in [1.54, 1.807) is 6.33 Å². The zero-order valence-electron chi connectivity index (χ0n) is 14.9. The number of nitrogens with one attached hydrogen (secondary N) is 1. The van der Waals surface area contributed by atoms with Crippen LogP contribution < -0.4 is 11.1 Å². The molecule has 0 aliphatic rings. The van der Waals surface area contributed by atoms with E-state index in [1.165, 1.54) is 5.56 Å². The SMILES string of the molecule is CC(C)c1cccc(NC(N)=NCc2ncnn2C(C)(C)C)c1.I. The van der Waals surface area contributed by atoms with Gasteiger partial charge in [-0.25, -0.2) is 14.7 Å². The van der Waals surface area contributed by atoms with Crippen molar-refractivity contribution in [3.63, 3.8) is 0 Å². The Labute approximate surface area is 161 Å². The van der Waals surface area contributed by atoms with Crippen LogP contribution in [0.15, 0.2) is 35.6 Å². The van der Waals surface area contributed by atoms with Gasteiger partial charge in [0.2, 0.25) is 0 Å². The van der Waals surface area contributed by atoms with E-state index in [2.05, 4.69) is 67.1 Å². The lowest BCUT2D eigenvalue weighted by Gasteiger charge is -2.20. The minimum Gasteiger partial charge on any atom is -0.370 e. The molecular formula is C17H27IN6. The highest BCUT2D eigenvalue weighted by Gasteiger charge is 2.17. The molecular weight excluding hydrogens is 415 g/mol. The topological polar surface area (TPSA) is 81.1 Å². The van der Waals surface area contributed by atoms with Crippen molar-refractivity contribution in [2.75, 3.05) is 5.32 Å². The zero-order chi connectivity index (χ0) is 17.0. The van der Waals surface area contributed by atoms with Crippen molar-refractivity contribution in [1.29, 1.82) is 0 Å². The second kappa shape index (κ2) is 8.46. The Morgan fingerprint density at radius 2 is 2.04 bits per heavy atom. The van der Waals surface area contributed by atoms with Crippen LogP contribution in [-0.4, -0.2) is 20.7 Å². The van der Waals surface area contributed by atoms with Gasteiger partial charge >= 0.3 is 0 Å². The van der Waals surface area contributed by atoms with Crippen LogP contribution in [0.4, 0.5) is 5.69 Å². The van der Waals surface area contributed by atoms with E-state index in [4.69, 9.17) is 5.73 Å². The number of benzene rings is 1. The molecule has 0 aliphatic heterocycles. The number of anilines is 1. The van der Waals surface area contributed by atoms with E-state index in [-0.39, 0.29) is 29.5 Å². The summed E-state index contributed by atoms with van der Waals surface area (Å²) in [6.45, 7) is 10.9. The second-order valence-electron chi connectivity index (χ2n) is 6.87. The first-order valence-electron chi connectivity index (χ1n) is 7.83. The minimum absolute atomic E-state index is 0. The molecule has 2 aromatic rings. The number of aliphatic imine (C=N–C) groups is 1. The molecule has 0 bridgehead atoms. The Kier molecular flexibility index (Phi) is 7.19. The van der Waals surface area contributed by atoms with E-state index in [1.807, 2.05) is 16.8 Å². The van der Waals surface area contributed by atoms with Crippen LogP contribution in [0.25, 0.3) is 0 Å². The number of nitrogens with zero attached hydrogens (tertiary/aromatic N) is 4. The first kappa shape index (κ1) is 20.4. The lowest BCUT2D eigenvalue weighted by Crippen LogP contribution is -2.26. The van der Waals surface area contributed by atoms with E-state index < -0.39 is 0 Å². The van der Waals surface area contributed by atoms with Crippen molar-refractivity contribution >= 4 is 35.6 Å². The Morgan fingerprint density at radius 1 is 1.33 bits per heavy atom. The summed E-state index contributed by atoms with van der Waals surface area (Å²) in [5, 5.41) is 7.38. The van der Waals surface area contributed by atoms with Crippen molar-refractivity contribution in [1.82, 2.24) is 14.8 Å². The number of guanidine groups is 1. The number of rotatable bonds is 4. The standard InChI is InChI=1S/C17H26N6.HI/c1-12(2)13-7-6-8-14(9-13)22-16(18)19-10-15-20-11-21-23(15)17(3,4)5;/h6-9,11-12H,10H2,1-5H3,(H3,18,19,22);1H. The highest BCUT2D eigenvalue weighted by atomic mass is 127. The van der Waals surface area contributed by atoms with Gasteiger partial charge in [0.1, 0.15) is 18.7 Å². The monoisotopic (exact) mass is 442 g/mol. The summed E-state index contributed by atoms with van der Waals surface area (Å²) in [5.74, 6) is 1.63. The molecule has 0 atom stereocenters. The number of aromatic nitrogens is 3. The molecule has 1 heterocycles. The molecule has 0 radical (unpaired) electrons. The number of halogens is 1. The number of nitrogens with two attached hydrogens (primary N) is 1. The van der Waals surface area contributed by atoms with Crippen LogP contribution in [-0.2, 0) is 12.1 Å². The van der Waals surface area contributed by atoms with Crippen molar-refractivity contribution in [3.8, 4) is 0 Å². The predicted molar refractivity (Wildman–Crippen MR) is 110 cm³/mol. The molecule has 0 saturated carbocycles. The number of hydrogen-bond acceptors (Lipinski definition) is 3. The van der Waals surface area contributed by atoms with E-state index in [0.29, 0.717) is 18.4 Å². The molecule has 1 aromatic carbocycles. The molecule has 132 valence electrons. The average Bonchev–Trinajstić information content (AvgIpc) is 2.94. The van der Waals surface area contributed by atoms with Crippen LogP contribution in [0, 0.1) is 0 Å². The highest BCUT2D eigenvalue weighted by molar-refractivity contribution is 14.0. The summed E-state index contributed by atoms with van der Waals surface area (Å²) in [5.41, 5.74) is 8.06. The van der Waals surface area contributed by atoms with Gasteiger partial charge in [-0.3, -0.25) is 0 Å². The minimum atomic E-state index is -0.130. The quantitative estimate of drug-likeness (QED) is 0.430. The van der Waals surface area contributed by atoms with Crippen LogP contribution in [0.5, 0.6) is 0 Å². The van der Waals surface area contributed by atoms with Gasteiger partial charge in [0, 0.05) is 5.69 Å². The van der Waals surface area contributed by atoms with Gasteiger partial charge in [-0.1, -0.05) is 26.0 Å². The fraction of sp³-hybridized carbons (Fsp3) is 0.471. The van der Waals surface area contributed by atoms with Crippen molar-refractivity contribution in [3.05, 3.63) is 42.0 Å².